The lowest BCUT2D eigenvalue weighted by Crippen LogP contribution is -2.24. The highest BCUT2D eigenvalue weighted by atomic mass is 32.1. The SMILES string of the molecule is Cc1nc(CN)sc1CC(=O)OC(C)(C)C. The minimum Gasteiger partial charge on any atom is -0.460 e. The van der Waals surface area contributed by atoms with Crippen LogP contribution in [0.4, 0.5) is 0 Å². The third-order valence-electron chi connectivity index (χ3n) is 1.84. The van der Waals surface area contributed by atoms with Crippen LogP contribution in [0.25, 0.3) is 0 Å². The van der Waals surface area contributed by atoms with Gasteiger partial charge in [-0.1, -0.05) is 0 Å². The third kappa shape index (κ3) is 3.90. The number of aromatic nitrogens is 1. The lowest BCUT2D eigenvalue weighted by molar-refractivity contribution is -0.153. The summed E-state index contributed by atoms with van der Waals surface area (Å²) < 4.78 is 5.25. The van der Waals surface area contributed by atoms with Gasteiger partial charge in [-0.05, 0) is 27.7 Å². The molecular formula is C11H18N2O2S. The Kier molecular flexibility index (Phi) is 4.04. The van der Waals surface area contributed by atoms with Gasteiger partial charge in [0.05, 0.1) is 12.1 Å². The average Bonchev–Trinajstić information content (AvgIpc) is 2.44. The van der Waals surface area contributed by atoms with Crippen LogP contribution in [-0.2, 0) is 22.5 Å². The number of nitrogens with zero attached hydrogens (tertiary/aromatic N) is 1. The zero-order valence-electron chi connectivity index (χ0n) is 10.2. The van der Waals surface area contributed by atoms with Gasteiger partial charge in [-0.3, -0.25) is 4.79 Å². The summed E-state index contributed by atoms with van der Waals surface area (Å²) in [6, 6.07) is 0. The summed E-state index contributed by atoms with van der Waals surface area (Å²) in [6.07, 6.45) is 0.279. The summed E-state index contributed by atoms with van der Waals surface area (Å²) in [6.45, 7) is 7.87. The molecule has 1 heterocycles. The topological polar surface area (TPSA) is 65.2 Å². The number of ether oxygens (including phenoxy) is 1. The van der Waals surface area contributed by atoms with E-state index in [0.29, 0.717) is 6.54 Å². The van der Waals surface area contributed by atoms with Gasteiger partial charge in [-0.2, -0.15) is 0 Å². The fraction of sp³-hybridized carbons (Fsp3) is 0.636. The van der Waals surface area contributed by atoms with Crippen molar-refractivity contribution < 1.29 is 9.53 Å². The van der Waals surface area contributed by atoms with Crippen molar-refractivity contribution in [1.29, 1.82) is 0 Å². The van der Waals surface area contributed by atoms with Crippen LogP contribution in [0.1, 0.15) is 36.3 Å². The van der Waals surface area contributed by atoms with Crippen LogP contribution in [0.15, 0.2) is 0 Å². The second-order valence-corrected chi connectivity index (χ2v) is 5.75. The van der Waals surface area contributed by atoms with Crippen LogP contribution in [0.3, 0.4) is 0 Å². The van der Waals surface area contributed by atoms with E-state index in [2.05, 4.69) is 4.98 Å². The molecule has 0 amide bonds. The van der Waals surface area contributed by atoms with E-state index in [1.807, 2.05) is 27.7 Å². The highest BCUT2D eigenvalue weighted by molar-refractivity contribution is 7.11. The van der Waals surface area contributed by atoms with Gasteiger partial charge in [-0.25, -0.2) is 4.98 Å². The van der Waals surface area contributed by atoms with Crippen LogP contribution in [0, 0.1) is 6.92 Å². The molecule has 0 aliphatic carbocycles. The molecule has 0 spiro atoms. The summed E-state index contributed by atoms with van der Waals surface area (Å²) in [5.41, 5.74) is 5.93. The van der Waals surface area contributed by atoms with Crippen molar-refractivity contribution in [3.63, 3.8) is 0 Å². The number of hydrogen-bond acceptors (Lipinski definition) is 5. The van der Waals surface area contributed by atoms with Gasteiger partial charge in [0, 0.05) is 11.4 Å². The highest BCUT2D eigenvalue weighted by Gasteiger charge is 2.18. The molecule has 0 saturated carbocycles. The van der Waals surface area contributed by atoms with Crippen molar-refractivity contribution in [3.8, 4) is 0 Å². The Labute approximate surface area is 99.8 Å². The number of hydrogen-bond donors (Lipinski definition) is 1. The maximum Gasteiger partial charge on any atom is 0.311 e. The zero-order valence-corrected chi connectivity index (χ0v) is 11.0. The molecule has 0 aromatic carbocycles. The molecule has 16 heavy (non-hydrogen) atoms. The van der Waals surface area contributed by atoms with Crippen LogP contribution in [-0.4, -0.2) is 16.6 Å². The van der Waals surface area contributed by atoms with E-state index in [4.69, 9.17) is 10.5 Å². The van der Waals surface area contributed by atoms with E-state index in [-0.39, 0.29) is 12.4 Å². The van der Waals surface area contributed by atoms with E-state index >= 15 is 0 Å². The largest absolute Gasteiger partial charge is 0.460 e. The van der Waals surface area contributed by atoms with E-state index in [9.17, 15) is 4.79 Å². The lowest BCUT2D eigenvalue weighted by atomic mass is 10.2. The van der Waals surface area contributed by atoms with Gasteiger partial charge in [0.1, 0.15) is 10.6 Å². The molecule has 1 aromatic heterocycles. The number of carbonyl (C=O) groups excluding carboxylic acids is 1. The van der Waals surface area contributed by atoms with Crippen LogP contribution < -0.4 is 5.73 Å². The van der Waals surface area contributed by atoms with Crippen molar-refractivity contribution >= 4 is 17.3 Å². The summed E-state index contributed by atoms with van der Waals surface area (Å²) in [7, 11) is 0. The predicted molar refractivity (Wildman–Crippen MR) is 64.3 cm³/mol. The summed E-state index contributed by atoms with van der Waals surface area (Å²) in [5.74, 6) is -0.220. The number of esters is 1. The Hall–Kier alpha value is -0.940. The molecular weight excluding hydrogens is 224 g/mol. The van der Waals surface area contributed by atoms with E-state index in [1.54, 1.807) is 0 Å². The molecule has 0 aliphatic rings. The quantitative estimate of drug-likeness (QED) is 0.821. The first-order valence-electron chi connectivity index (χ1n) is 5.19. The first-order chi connectivity index (χ1) is 7.31. The number of rotatable bonds is 3. The Morgan fingerprint density at radius 2 is 2.12 bits per heavy atom. The lowest BCUT2D eigenvalue weighted by Gasteiger charge is -2.19. The van der Waals surface area contributed by atoms with Crippen molar-refractivity contribution in [2.24, 2.45) is 5.73 Å². The first-order valence-corrected chi connectivity index (χ1v) is 6.00. The molecule has 0 bridgehead atoms. The second kappa shape index (κ2) is 4.93. The van der Waals surface area contributed by atoms with Crippen molar-refractivity contribution in [2.75, 3.05) is 0 Å². The summed E-state index contributed by atoms with van der Waals surface area (Å²) in [5, 5.41) is 0.857. The maximum atomic E-state index is 11.6. The highest BCUT2D eigenvalue weighted by Crippen LogP contribution is 2.19. The summed E-state index contributed by atoms with van der Waals surface area (Å²) in [4.78, 5) is 16.8. The number of aryl methyl sites for hydroxylation is 1. The zero-order chi connectivity index (χ0) is 12.3. The summed E-state index contributed by atoms with van der Waals surface area (Å²) >= 11 is 1.48. The fourth-order valence-electron chi connectivity index (χ4n) is 1.25. The Morgan fingerprint density at radius 3 is 2.56 bits per heavy atom. The van der Waals surface area contributed by atoms with E-state index in [1.165, 1.54) is 11.3 Å². The average molecular weight is 242 g/mol. The van der Waals surface area contributed by atoms with Gasteiger partial charge < -0.3 is 10.5 Å². The molecule has 0 atom stereocenters. The normalized spacial score (nSPS) is 11.6. The Balaban J connectivity index is 2.66. The van der Waals surface area contributed by atoms with Crippen LogP contribution >= 0.6 is 11.3 Å². The molecule has 90 valence electrons. The van der Waals surface area contributed by atoms with Gasteiger partial charge >= 0.3 is 5.97 Å². The van der Waals surface area contributed by atoms with Gasteiger partial charge in [-0.15, -0.1) is 11.3 Å². The number of nitrogens with two attached hydrogens (primary N) is 1. The van der Waals surface area contributed by atoms with E-state index < -0.39 is 5.60 Å². The molecule has 1 rings (SSSR count). The molecule has 0 unspecified atom stereocenters. The molecule has 2 N–H and O–H groups in total. The standard InChI is InChI=1S/C11H18N2O2S/c1-7-8(16-9(6-12)13-7)5-10(14)15-11(2,3)4/h5-6,12H2,1-4H3. The molecule has 0 saturated heterocycles. The van der Waals surface area contributed by atoms with Crippen molar-refractivity contribution in [3.05, 3.63) is 15.6 Å². The smallest absolute Gasteiger partial charge is 0.311 e. The van der Waals surface area contributed by atoms with Crippen molar-refractivity contribution in [2.45, 2.75) is 46.3 Å². The molecule has 5 heteroatoms. The number of carbonyl (C=O) groups is 1. The minimum absolute atomic E-state index is 0.220. The Bertz CT molecular complexity index is 380. The van der Waals surface area contributed by atoms with Crippen LogP contribution in [0.5, 0.6) is 0 Å². The molecule has 4 nitrogen and oxygen atoms in total. The molecule has 0 fully saturated rings. The third-order valence-corrected chi connectivity index (χ3v) is 3.02. The molecule has 0 radical (unpaired) electrons. The van der Waals surface area contributed by atoms with Crippen LogP contribution in [0.2, 0.25) is 0 Å². The Morgan fingerprint density at radius 1 is 1.50 bits per heavy atom. The first kappa shape index (κ1) is 13.1. The fourth-order valence-corrected chi connectivity index (χ4v) is 2.18. The monoisotopic (exact) mass is 242 g/mol. The number of thiazole rings is 1. The van der Waals surface area contributed by atoms with Crippen molar-refractivity contribution in [1.82, 2.24) is 4.98 Å². The van der Waals surface area contributed by atoms with E-state index in [0.717, 1.165) is 15.6 Å². The molecule has 1 aromatic rings. The minimum atomic E-state index is -0.438. The second-order valence-electron chi connectivity index (χ2n) is 4.58. The maximum absolute atomic E-state index is 11.6. The predicted octanol–water partition coefficient (Wildman–Crippen LogP) is 1.79. The van der Waals surface area contributed by atoms with Gasteiger partial charge in [0.2, 0.25) is 0 Å². The molecule has 0 aliphatic heterocycles. The van der Waals surface area contributed by atoms with Gasteiger partial charge in [0.15, 0.2) is 0 Å². The van der Waals surface area contributed by atoms with Gasteiger partial charge in [0.25, 0.3) is 0 Å².